The minimum atomic E-state index is -0.823. The molecule has 0 amide bonds. The number of Topliss-reactive ketones (excluding diaryl/α,β-unsaturated/α-hetero) is 1. The van der Waals surface area contributed by atoms with Crippen LogP contribution in [0.25, 0.3) is 0 Å². The second kappa shape index (κ2) is 4.38. The molecule has 0 aliphatic heterocycles. The Morgan fingerprint density at radius 2 is 2.00 bits per heavy atom. The maximum Gasteiger partial charge on any atom is 0.157 e. The van der Waals surface area contributed by atoms with Crippen molar-refractivity contribution >= 4 is 5.78 Å². The van der Waals surface area contributed by atoms with Crippen LogP contribution in [0.5, 0.6) is 0 Å². The number of ketones is 1. The van der Waals surface area contributed by atoms with Gasteiger partial charge < -0.3 is 5.73 Å². The Morgan fingerprint density at radius 3 is 2.50 bits per heavy atom. The summed E-state index contributed by atoms with van der Waals surface area (Å²) in [4.78, 5) is 12.1. The van der Waals surface area contributed by atoms with Crippen molar-refractivity contribution in [3.8, 4) is 0 Å². The first kappa shape index (κ1) is 11.3. The lowest BCUT2D eigenvalue weighted by molar-refractivity contribution is -0.125. The number of carbonyl (C=O) groups excluding carboxylic acids is 1. The Morgan fingerprint density at radius 1 is 1.38 bits per heavy atom. The van der Waals surface area contributed by atoms with E-state index in [-0.39, 0.29) is 5.78 Å². The van der Waals surface area contributed by atoms with Crippen molar-refractivity contribution in [3.05, 3.63) is 35.9 Å². The zero-order valence-electron chi connectivity index (χ0n) is 9.78. The summed E-state index contributed by atoms with van der Waals surface area (Å²) >= 11 is 0. The van der Waals surface area contributed by atoms with E-state index in [1.165, 1.54) is 19.3 Å². The van der Waals surface area contributed by atoms with Crippen LogP contribution in [0.15, 0.2) is 30.3 Å². The van der Waals surface area contributed by atoms with Crippen molar-refractivity contribution in [3.63, 3.8) is 0 Å². The Balaban J connectivity index is 2.08. The van der Waals surface area contributed by atoms with E-state index in [0.29, 0.717) is 12.3 Å². The van der Waals surface area contributed by atoms with Crippen LogP contribution < -0.4 is 5.73 Å². The van der Waals surface area contributed by atoms with Gasteiger partial charge in [-0.1, -0.05) is 49.6 Å². The van der Waals surface area contributed by atoms with Crippen molar-refractivity contribution in [1.29, 1.82) is 0 Å². The lowest BCUT2D eigenvalue weighted by Gasteiger charge is -2.30. The van der Waals surface area contributed by atoms with Gasteiger partial charge in [0, 0.05) is 6.42 Å². The van der Waals surface area contributed by atoms with E-state index in [9.17, 15) is 4.79 Å². The molecule has 1 aliphatic carbocycles. The summed E-state index contributed by atoms with van der Waals surface area (Å²) in [7, 11) is 0. The molecule has 0 heterocycles. The summed E-state index contributed by atoms with van der Waals surface area (Å²) in [5.41, 5.74) is 6.25. The smallest absolute Gasteiger partial charge is 0.157 e. The molecule has 16 heavy (non-hydrogen) atoms. The van der Waals surface area contributed by atoms with Crippen molar-refractivity contribution in [2.75, 3.05) is 0 Å². The molecular formula is C14H19NO. The van der Waals surface area contributed by atoms with Crippen LogP contribution in [0.4, 0.5) is 0 Å². The van der Waals surface area contributed by atoms with Gasteiger partial charge in [0.2, 0.25) is 0 Å². The van der Waals surface area contributed by atoms with Crippen molar-refractivity contribution in [2.24, 2.45) is 11.7 Å². The van der Waals surface area contributed by atoms with Crippen molar-refractivity contribution < 1.29 is 4.79 Å². The van der Waals surface area contributed by atoms with Gasteiger partial charge in [0.15, 0.2) is 5.78 Å². The van der Waals surface area contributed by atoms with Gasteiger partial charge in [-0.25, -0.2) is 0 Å². The summed E-state index contributed by atoms with van der Waals surface area (Å²) in [6, 6.07) is 9.65. The minimum absolute atomic E-state index is 0.170. The molecule has 1 saturated carbocycles. The second-order valence-electron chi connectivity index (χ2n) is 4.99. The highest BCUT2D eigenvalue weighted by Crippen LogP contribution is 2.32. The first-order valence-electron chi connectivity index (χ1n) is 5.98. The van der Waals surface area contributed by atoms with E-state index < -0.39 is 5.54 Å². The van der Waals surface area contributed by atoms with Crippen LogP contribution in [-0.4, -0.2) is 5.78 Å². The number of hydrogen-bond donors (Lipinski definition) is 1. The molecule has 1 atom stereocenters. The minimum Gasteiger partial charge on any atom is -0.315 e. The summed E-state index contributed by atoms with van der Waals surface area (Å²) < 4.78 is 0. The molecule has 1 aliphatic rings. The fraction of sp³-hybridized carbons (Fsp3) is 0.500. The molecule has 0 bridgehead atoms. The molecule has 1 aromatic carbocycles. The Labute approximate surface area is 96.8 Å². The third-order valence-corrected chi connectivity index (χ3v) is 3.65. The van der Waals surface area contributed by atoms with Crippen LogP contribution in [0.1, 0.15) is 38.2 Å². The number of hydrogen-bond acceptors (Lipinski definition) is 2. The van der Waals surface area contributed by atoms with E-state index in [0.717, 1.165) is 5.56 Å². The third-order valence-electron chi connectivity index (χ3n) is 3.65. The highest BCUT2D eigenvalue weighted by Gasteiger charge is 2.33. The van der Waals surface area contributed by atoms with E-state index in [4.69, 9.17) is 5.73 Å². The van der Waals surface area contributed by atoms with Crippen LogP contribution in [0.2, 0.25) is 0 Å². The lowest BCUT2D eigenvalue weighted by Crippen LogP contribution is -2.43. The number of carbonyl (C=O) groups is 1. The van der Waals surface area contributed by atoms with E-state index in [1.807, 2.05) is 37.3 Å². The molecule has 86 valence electrons. The summed E-state index contributed by atoms with van der Waals surface area (Å²) in [6.45, 7) is 1.82. The van der Waals surface area contributed by atoms with Gasteiger partial charge in [0.1, 0.15) is 0 Å². The SMILES string of the molecule is CC(N)(C(=O)CC1CCC1)c1ccccc1. The molecule has 0 aromatic heterocycles. The standard InChI is InChI=1S/C14H19NO/c1-14(15,12-8-3-2-4-9-12)13(16)10-11-6-5-7-11/h2-4,8-9,11H,5-7,10,15H2,1H3. The highest BCUT2D eigenvalue weighted by molar-refractivity contribution is 5.89. The molecule has 0 saturated heterocycles. The van der Waals surface area contributed by atoms with Gasteiger partial charge in [-0.2, -0.15) is 0 Å². The Hall–Kier alpha value is -1.15. The van der Waals surface area contributed by atoms with E-state index in [1.54, 1.807) is 0 Å². The van der Waals surface area contributed by atoms with Gasteiger partial charge >= 0.3 is 0 Å². The molecule has 1 fully saturated rings. The molecule has 1 unspecified atom stereocenters. The molecule has 2 rings (SSSR count). The van der Waals surface area contributed by atoms with Gasteiger partial charge in [-0.3, -0.25) is 4.79 Å². The van der Waals surface area contributed by atoms with Crippen LogP contribution in [-0.2, 0) is 10.3 Å². The molecule has 2 N–H and O–H groups in total. The van der Waals surface area contributed by atoms with Crippen LogP contribution in [0, 0.1) is 5.92 Å². The summed E-state index contributed by atoms with van der Waals surface area (Å²) in [5, 5.41) is 0. The first-order chi connectivity index (χ1) is 7.60. The van der Waals surface area contributed by atoms with Gasteiger partial charge in [0.25, 0.3) is 0 Å². The topological polar surface area (TPSA) is 43.1 Å². The summed E-state index contributed by atoms with van der Waals surface area (Å²) in [5.74, 6) is 0.752. The average Bonchev–Trinajstić information content (AvgIpc) is 2.24. The number of rotatable bonds is 4. The average molecular weight is 217 g/mol. The van der Waals surface area contributed by atoms with E-state index >= 15 is 0 Å². The zero-order chi connectivity index (χ0) is 11.6. The molecule has 0 spiro atoms. The predicted molar refractivity (Wildman–Crippen MR) is 64.9 cm³/mol. The Kier molecular flexibility index (Phi) is 3.10. The fourth-order valence-electron chi connectivity index (χ4n) is 2.12. The van der Waals surface area contributed by atoms with Crippen molar-refractivity contribution in [1.82, 2.24) is 0 Å². The fourth-order valence-corrected chi connectivity index (χ4v) is 2.12. The lowest BCUT2D eigenvalue weighted by atomic mass is 9.77. The first-order valence-corrected chi connectivity index (χ1v) is 5.98. The van der Waals surface area contributed by atoms with Crippen molar-refractivity contribution in [2.45, 2.75) is 38.1 Å². The molecule has 2 heteroatoms. The Bertz CT molecular complexity index is 366. The third kappa shape index (κ3) is 2.17. The zero-order valence-corrected chi connectivity index (χ0v) is 9.78. The van der Waals surface area contributed by atoms with Crippen LogP contribution in [0.3, 0.4) is 0 Å². The summed E-state index contributed by atoms with van der Waals surface area (Å²) in [6.07, 6.45) is 4.29. The predicted octanol–water partition coefficient (Wildman–Crippen LogP) is 2.62. The molecule has 1 aromatic rings. The monoisotopic (exact) mass is 217 g/mol. The van der Waals surface area contributed by atoms with E-state index in [2.05, 4.69) is 0 Å². The van der Waals surface area contributed by atoms with Gasteiger partial charge in [0.05, 0.1) is 5.54 Å². The largest absolute Gasteiger partial charge is 0.315 e. The number of benzene rings is 1. The quantitative estimate of drug-likeness (QED) is 0.842. The molecular weight excluding hydrogens is 198 g/mol. The molecule has 2 nitrogen and oxygen atoms in total. The normalized spacial score (nSPS) is 19.9. The van der Waals surface area contributed by atoms with Gasteiger partial charge in [-0.05, 0) is 18.4 Å². The highest BCUT2D eigenvalue weighted by atomic mass is 16.1. The van der Waals surface area contributed by atoms with Crippen LogP contribution >= 0.6 is 0 Å². The molecule has 0 radical (unpaired) electrons. The second-order valence-corrected chi connectivity index (χ2v) is 4.99. The number of nitrogens with two attached hydrogens (primary N) is 1. The maximum absolute atomic E-state index is 12.1. The maximum atomic E-state index is 12.1. The van der Waals surface area contributed by atoms with Gasteiger partial charge in [-0.15, -0.1) is 0 Å².